The molecular formula is C32H36F2N8O4. The van der Waals surface area contributed by atoms with Crippen LogP contribution in [0.3, 0.4) is 0 Å². The third kappa shape index (κ3) is 6.66. The van der Waals surface area contributed by atoms with E-state index in [0.717, 1.165) is 50.0 Å². The highest BCUT2D eigenvalue weighted by Gasteiger charge is 2.47. The second-order valence-corrected chi connectivity index (χ2v) is 11.5. The minimum absolute atomic E-state index is 0.0427. The van der Waals surface area contributed by atoms with E-state index in [1.165, 1.54) is 6.07 Å². The van der Waals surface area contributed by atoms with E-state index in [4.69, 9.17) is 14.2 Å². The molecule has 3 fully saturated rings. The van der Waals surface area contributed by atoms with Gasteiger partial charge in [-0.2, -0.15) is 10.2 Å². The third-order valence-electron chi connectivity index (χ3n) is 8.57. The van der Waals surface area contributed by atoms with Crippen LogP contribution in [-0.2, 0) is 9.53 Å². The lowest BCUT2D eigenvalue weighted by Crippen LogP contribution is -2.56. The van der Waals surface area contributed by atoms with Crippen LogP contribution in [0.5, 0.6) is 11.6 Å². The fraction of sp³-hybridized carbons (Fsp3) is 0.469. The number of rotatable bonds is 9. The monoisotopic (exact) mass is 634 g/mol. The number of nitrogens with zero attached hydrogens (tertiary/aromatic N) is 7. The van der Waals surface area contributed by atoms with E-state index in [-0.39, 0.29) is 42.6 Å². The molecule has 3 aliphatic rings. The highest BCUT2D eigenvalue weighted by molar-refractivity contribution is 5.76. The Morgan fingerprint density at radius 3 is 2.61 bits per heavy atom. The van der Waals surface area contributed by atoms with Crippen LogP contribution < -0.4 is 19.7 Å². The molecule has 0 aliphatic carbocycles. The summed E-state index contributed by atoms with van der Waals surface area (Å²) in [5.41, 5.74) is 2.10. The lowest BCUT2D eigenvalue weighted by atomic mass is 10.0. The van der Waals surface area contributed by atoms with Crippen molar-refractivity contribution in [2.75, 3.05) is 69.8 Å². The number of piperazine rings is 1. The highest BCUT2D eigenvalue weighted by Crippen LogP contribution is 2.34. The maximum absolute atomic E-state index is 14.9. The summed E-state index contributed by atoms with van der Waals surface area (Å²) in [6, 6.07) is 12.7. The number of methoxy groups -OCH3 is 1. The molecule has 242 valence electrons. The number of hydrogen-bond acceptors (Lipinski definition) is 11. The third-order valence-corrected chi connectivity index (χ3v) is 8.57. The van der Waals surface area contributed by atoms with Gasteiger partial charge in [0.1, 0.15) is 23.3 Å². The van der Waals surface area contributed by atoms with Crippen LogP contribution in [0.1, 0.15) is 25.3 Å². The maximum Gasteiger partial charge on any atom is 0.301 e. The lowest BCUT2D eigenvalue weighted by molar-refractivity contribution is -0.159. The summed E-state index contributed by atoms with van der Waals surface area (Å²) in [6.07, 6.45) is 0.238. The van der Waals surface area contributed by atoms with Crippen LogP contribution in [0, 0.1) is 11.3 Å². The van der Waals surface area contributed by atoms with Crippen LogP contribution in [0.25, 0.3) is 11.3 Å². The molecule has 6 rings (SSSR count). The first-order valence-electron chi connectivity index (χ1n) is 15.4. The van der Waals surface area contributed by atoms with E-state index < -0.39 is 18.6 Å². The molecular weight excluding hydrogens is 598 g/mol. The lowest BCUT2D eigenvalue weighted by Gasteiger charge is -2.43. The Morgan fingerprint density at radius 2 is 1.93 bits per heavy atom. The number of hydrogen-bond donors (Lipinski definition) is 1. The number of anilines is 3. The standard InChI is InChI=1S/C32H36F2N8O4/c1-3-29(43)42-11-9-27(32(33,34)20-42)46-26-6-4-21(16-22(26)17-35)24-8-10-36-31(37-24)39-28-7-5-25(30(38-28)44-2)41-14-12-40(13-15-41)23-18-45-19-23/h4-8,10,16,23,27H,3,9,11-15,18-20H2,1-2H3,(H,36,37,38,39). The molecule has 14 heteroatoms. The molecule has 2 aromatic heterocycles. The van der Waals surface area contributed by atoms with Gasteiger partial charge in [0.2, 0.25) is 17.7 Å². The van der Waals surface area contributed by atoms with Crippen LogP contribution >= 0.6 is 0 Å². The maximum atomic E-state index is 14.9. The van der Waals surface area contributed by atoms with Gasteiger partial charge in [-0.05, 0) is 36.4 Å². The van der Waals surface area contributed by atoms with Crippen LogP contribution in [-0.4, -0.2) is 108 Å². The molecule has 1 amide bonds. The number of nitriles is 1. The van der Waals surface area contributed by atoms with Crippen molar-refractivity contribution >= 4 is 23.4 Å². The number of nitrogens with one attached hydrogen (secondary N) is 1. The molecule has 3 saturated heterocycles. The number of benzene rings is 1. The van der Waals surface area contributed by atoms with Crippen LogP contribution in [0.15, 0.2) is 42.6 Å². The number of amides is 1. The summed E-state index contributed by atoms with van der Waals surface area (Å²) < 4.78 is 46.4. The van der Waals surface area contributed by atoms with Crippen LogP contribution in [0.2, 0.25) is 0 Å². The van der Waals surface area contributed by atoms with Gasteiger partial charge in [-0.1, -0.05) is 6.92 Å². The first-order chi connectivity index (χ1) is 22.3. The number of carbonyl (C=O) groups excluding carboxylic acids is 1. The zero-order valence-corrected chi connectivity index (χ0v) is 25.8. The van der Waals surface area contributed by atoms with Gasteiger partial charge in [-0.3, -0.25) is 9.69 Å². The number of pyridine rings is 1. The van der Waals surface area contributed by atoms with Gasteiger partial charge in [0.05, 0.1) is 44.2 Å². The number of halogens is 2. The van der Waals surface area contributed by atoms with Crippen molar-refractivity contribution in [2.24, 2.45) is 0 Å². The van der Waals surface area contributed by atoms with E-state index in [1.54, 1.807) is 38.4 Å². The van der Waals surface area contributed by atoms with Gasteiger partial charge in [-0.15, -0.1) is 0 Å². The van der Waals surface area contributed by atoms with Crippen molar-refractivity contribution < 1.29 is 27.8 Å². The van der Waals surface area contributed by atoms with Crippen molar-refractivity contribution in [3.8, 4) is 29.0 Å². The summed E-state index contributed by atoms with van der Waals surface area (Å²) in [6.45, 7) is 6.33. The van der Waals surface area contributed by atoms with Crippen molar-refractivity contribution in [2.45, 2.75) is 37.8 Å². The Morgan fingerprint density at radius 1 is 1.13 bits per heavy atom. The second kappa shape index (κ2) is 13.4. The quantitative estimate of drug-likeness (QED) is 0.370. The van der Waals surface area contributed by atoms with Crippen LogP contribution in [0.4, 0.5) is 26.2 Å². The predicted octanol–water partition coefficient (Wildman–Crippen LogP) is 3.71. The van der Waals surface area contributed by atoms with Gasteiger partial charge in [0.15, 0.2) is 6.10 Å². The van der Waals surface area contributed by atoms with Crippen molar-refractivity contribution in [1.82, 2.24) is 24.8 Å². The first kappa shape index (κ1) is 31.4. The molecule has 3 aliphatic heterocycles. The number of aromatic nitrogens is 3. The summed E-state index contributed by atoms with van der Waals surface area (Å²) in [7, 11) is 1.59. The molecule has 46 heavy (non-hydrogen) atoms. The van der Waals surface area contributed by atoms with Crippen molar-refractivity contribution in [3.05, 3.63) is 48.2 Å². The Balaban J connectivity index is 1.13. The fourth-order valence-electron chi connectivity index (χ4n) is 5.88. The average Bonchev–Trinajstić information content (AvgIpc) is 3.05. The molecule has 0 radical (unpaired) electrons. The Hall–Kier alpha value is -4.61. The fourth-order valence-corrected chi connectivity index (χ4v) is 5.88. The van der Waals surface area contributed by atoms with Gasteiger partial charge < -0.3 is 29.3 Å². The molecule has 1 atom stereocenters. The molecule has 1 N–H and O–H groups in total. The minimum atomic E-state index is -3.25. The summed E-state index contributed by atoms with van der Waals surface area (Å²) in [5, 5.41) is 12.9. The van der Waals surface area contributed by atoms with E-state index in [0.29, 0.717) is 29.0 Å². The van der Waals surface area contributed by atoms with E-state index in [9.17, 15) is 18.8 Å². The summed E-state index contributed by atoms with van der Waals surface area (Å²) >= 11 is 0. The number of likely N-dealkylation sites (tertiary alicyclic amines) is 1. The summed E-state index contributed by atoms with van der Waals surface area (Å²) in [5.74, 6) is -2.26. The smallest absolute Gasteiger partial charge is 0.301 e. The van der Waals surface area contributed by atoms with Gasteiger partial charge in [-0.25, -0.2) is 18.7 Å². The second-order valence-electron chi connectivity index (χ2n) is 11.5. The van der Waals surface area contributed by atoms with Crippen molar-refractivity contribution in [3.63, 3.8) is 0 Å². The predicted molar refractivity (Wildman–Crippen MR) is 165 cm³/mol. The number of alkyl halides is 2. The Labute approximate surface area is 265 Å². The van der Waals surface area contributed by atoms with Gasteiger partial charge >= 0.3 is 5.92 Å². The Kier molecular flexibility index (Phi) is 9.14. The number of piperidine rings is 1. The topological polar surface area (TPSA) is 129 Å². The minimum Gasteiger partial charge on any atom is -0.483 e. The molecule has 1 aromatic carbocycles. The van der Waals surface area contributed by atoms with E-state index in [1.807, 2.05) is 18.2 Å². The highest BCUT2D eigenvalue weighted by atomic mass is 19.3. The molecule has 0 spiro atoms. The summed E-state index contributed by atoms with van der Waals surface area (Å²) in [4.78, 5) is 31.4. The van der Waals surface area contributed by atoms with Crippen molar-refractivity contribution in [1.29, 1.82) is 5.26 Å². The molecule has 1 unspecified atom stereocenters. The largest absolute Gasteiger partial charge is 0.483 e. The molecule has 12 nitrogen and oxygen atoms in total. The SMILES string of the molecule is CCC(=O)N1CCC(Oc2ccc(-c3ccnc(Nc4ccc(N5CCN(C6COC6)CC5)c(OC)n4)n3)cc2C#N)C(F)(F)C1. The van der Waals surface area contributed by atoms with Gasteiger partial charge in [0, 0.05) is 57.3 Å². The zero-order chi connectivity index (χ0) is 32.3. The molecule has 0 bridgehead atoms. The number of carbonyl (C=O) groups is 1. The zero-order valence-electron chi connectivity index (χ0n) is 25.8. The normalized spacial score (nSPS) is 20.0. The Bertz CT molecular complexity index is 1610. The molecule has 5 heterocycles. The molecule has 3 aromatic rings. The molecule has 0 saturated carbocycles. The number of ether oxygens (including phenoxy) is 3. The first-order valence-corrected chi connectivity index (χ1v) is 15.4. The van der Waals surface area contributed by atoms with E-state index >= 15 is 0 Å². The van der Waals surface area contributed by atoms with E-state index in [2.05, 4.69) is 30.1 Å². The van der Waals surface area contributed by atoms with Gasteiger partial charge in [0.25, 0.3) is 0 Å². The average molecular weight is 635 g/mol.